The second kappa shape index (κ2) is 5.92. The Morgan fingerprint density at radius 3 is 2.74 bits per heavy atom. The van der Waals surface area contributed by atoms with Gasteiger partial charge in [-0.2, -0.15) is 0 Å². The number of hydrogen-bond donors (Lipinski definition) is 1. The van der Waals surface area contributed by atoms with Crippen LogP contribution in [-0.2, 0) is 4.79 Å². The second-order valence-corrected chi connectivity index (χ2v) is 6.28. The lowest BCUT2D eigenvalue weighted by Crippen LogP contribution is -2.34. The summed E-state index contributed by atoms with van der Waals surface area (Å²) in [5.74, 6) is 0.496. The van der Waals surface area contributed by atoms with Crippen molar-refractivity contribution >= 4 is 17.7 Å². The average Bonchev–Trinajstić information content (AvgIpc) is 2.72. The average molecular weight is 283 g/mol. The maximum atomic E-state index is 12.7. The van der Waals surface area contributed by atoms with Crippen LogP contribution >= 0.6 is 11.8 Å². The molecule has 1 saturated heterocycles. The Balaban J connectivity index is 1.74. The van der Waals surface area contributed by atoms with Crippen LogP contribution in [0.2, 0.25) is 0 Å². The predicted octanol–water partition coefficient (Wildman–Crippen LogP) is 2.29. The molecule has 1 fully saturated rings. The molecule has 1 aliphatic rings. The Morgan fingerprint density at radius 2 is 2.16 bits per heavy atom. The van der Waals surface area contributed by atoms with Crippen molar-refractivity contribution in [3.05, 3.63) is 30.1 Å². The van der Waals surface area contributed by atoms with Crippen molar-refractivity contribution in [1.29, 1.82) is 0 Å². The molecule has 19 heavy (non-hydrogen) atoms. The van der Waals surface area contributed by atoms with Gasteiger partial charge in [-0.25, -0.2) is 4.39 Å². The number of hydrogen-bond acceptors (Lipinski definition) is 3. The maximum absolute atomic E-state index is 12.7. The summed E-state index contributed by atoms with van der Waals surface area (Å²) in [6, 6.07) is 6.26. The number of carbonyl (C=O) groups is 1. The Bertz CT molecular complexity index is 447. The van der Waals surface area contributed by atoms with Crippen molar-refractivity contribution in [2.24, 2.45) is 0 Å². The molecule has 1 unspecified atom stereocenters. The van der Waals surface area contributed by atoms with E-state index in [-0.39, 0.29) is 11.7 Å². The quantitative estimate of drug-likeness (QED) is 0.862. The summed E-state index contributed by atoms with van der Waals surface area (Å²) in [4.78, 5) is 14.6. The fourth-order valence-corrected chi connectivity index (χ4v) is 2.94. The fraction of sp³-hybridized carbons (Fsp3) is 0.500. The third-order valence-corrected chi connectivity index (χ3v) is 4.22. The molecule has 104 valence electrons. The number of thioether (sulfide) groups is 1. The minimum atomic E-state index is -0.736. The zero-order valence-corrected chi connectivity index (χ0v) is 11.8. The molecule has 1 N–H and O–H groups in total. The van der Waals surface area contributed by atoms with Crippen LogP contribution in [0.15, 0.2) is 29.2 Å². The first kappa shape index (κ1) is 14.3. The summed E-state index contributed by atoms with van der Waals surface area (Å²) in [5, 5.41) is 9.81. The molecule has 2 rings (SSSR count). The van der Waals surface area contributed by atoms with Gasteiger partial charge in [0.05, 0.1) is 5.60 Å². The van der Waals surface area contributed by atoms with Gasteiger partial charge in [-0.1, -0.05) is 0 Å². The van der Waals surface area contributed by atoms with E-state index in [2.05, 4.69) is 0 Å². The monoisotopic (exact) mass is 283 g/mol. The number of likely N-dealkylation sites (tertiary alicyclic amines) is 1. The van der Waals surface area contributed by atoms with Crippen LogP contribution in [0, 0.1) is 5.82 Å². The fourth-order valence-electron chi connectivity index (χ4n) is 2.10. The highest BCUT2D eigenvalue weighted by molar-refractivity contribution is 7.99. The topological polar surface area (TPSA) is 40.5 Å². The van der Waals surface area contributed by atoms with E-state index in [0.717, 1.165) is 4.90 Å². The van der Waals surface area contributed by atoms with E-state index in [1.54, 1.807) is 24.0 Å². The predicted molar refractivity (Wildman–Crippen MR) is 73.6 cm³/mol. The molecule has 1 aromatic rings. The van der Waals surface area contributed by atoms with E-state index in [1.165, 1.54) is 23.9 Å². The van der Waals surface area contributed by atoms with E-state index in [9.17, 15) is 14.3 Å². The van der Waals surface area contributed by atoms with Gasteiger partial charge in [0, 0.05) is 30.2 Å². The number of carbonyl (C=O) groups excluding carboxylic acids is 1. The molecular formula is C14H18FNO2S. The molecular weight excluding hydrogens is 265 g/mol. The smallest absolute Gasteiger partial charge is 0.223 e. The number of β-amino-alcohol motifs (C(OH)–C–C–N with tert-alkyl or cyclic N) is 1. The van der Waals surface area contributed by atoms with Crippen LogP contribution in [0.25, 0.3) is 0 Å². The number of aliphatic hydroxyl groups is 1. The van der Waals surface area contributed by atoms with Gasteiger partial charge in [-0.3, -0.25) is 4.79 Å². The first-order valence-electron chi connectivity index (χ1n) is 6.35. The normalized spacial score (nSPS) is 22.8. The first-order valence-corrected chi connectivity index (χ1v) is 7.33. The first-order chi connectivity index (χ1) is 8.96. The van der Waals surface area contributed by atoms with Gasteiger partial charge < -0.3 is 10.0 Å². The van der Waals surface area contributed by atoms with Crippen LogP contribution < -0.4 is 0 Å². The van der Waals surface area contributed by atoms with E-state index >= 15 is 0 Å². The SMILES string of the molecule is CC1(O)CCN(C(=O)CCSc2ccc(F)cc2)C1. The molecule has 1 amide bonds. The Labute approximate surface area is 116 Å². The van der Waals surface area contributed by atoms with Crippen LogP contribution in [0.1, 0.15) is 19.8 Å². The summed E-state index contributed by atoms with van der Waals surface area (Å²) >= 11 is 1.54. The standard InChI is InChI=1S/C14H18FNO2S/c1-14(18)7-8-16(10-14)13(17)6-9-19-12-4-2-11(15)3-5-12/h2-5,18H,6-10H2,1H3. The molecule has 0 spiro atoms. The summed E-state index contributed by atoms with van der Waals surface area (Å²) in [5.41, 5.74) is -0.736. The van der Waals surface area contributed by atoms with Crippen molar-refractivity contribution in [1.82, 2.24) is 4.90 Å². The third kappa shape index (κ3) is 4.21. The number of rotatable bonds is 4. The van der Waals surface area contributed by atoms with E-state index in [1.807, 2.05) is 0 Å². The van der Waals surface area contributed by atoms with E-state index < -0.39 is 5.60 Å². The van der Waals surface area contributed by atoms with Crippen molar-refractivity contribution in [2.45, 2.75) is 30.3 Å². The van der Waals surface area contributed by atoms with Crippen LogP contribution in [-0.4, -0.2) is 40.4 Å². The van der Waals surface area contributed by atoms with Crippen molar-refractivity contribution in [3.63, 3.8) is 0 Å². The van der Waals surface area contributed by atoms with Crippen molar-refractivity contribution in [3.8, 4) is 0 Å². The Morgan fingerprint density at radius 1 is 1.47 bits per heavy atom. The van der Waals surface area contributed by atoms with Crippen molar-refractivity contribution in [2.75, 3.05) is 18.8 Å². The van der Waals surface area contributed by atoms with Gasteiger partial charge in [0.2, 0.25) is 5.91 Å². The second-order valence-electron chi connectivity index (χ2n) is 5.11. The molecule has 0 aromatic heterocycles. The van der Waals surface area contributed by atoms with Crippen LogP contribution in [0.4, 0.5) is 4.39 Å². The van der Waals surface area contributed by atoms with Crippen molar-refractivity contribution < 1.29 is 14.3 Å². The molecule has 0 bridgehead atoms. The minimum absolute atomic E-state index is 0.0763. The lowest BCUT2D eigenvalue weighted by atomic mass is 10.1. The number of amides is 1. The Kier molecular flexibility index (Phi) is 4.47. The molecule has 3 nitrogen and oxygen atoms in total. The number of halogens is 1. The highest BCUT2D eigenvalue weighted by Gasteiger charge is 2.33. The lowest BCUT2D eigenvalue weighted by molar-refractivity contribution is -0.130. The summed E-state index contributed by atoms with van der Waals surface area (Å²) in [6.07, 6.45) is 1.09. The Hall–Kier alpha value is -1.07. The number of benzene rings is 1. The van der Waals surface area contributed by atoms with E-state index in [4.69, 9.17) is 0 Å². The highest BCUT2D eigenvalue weighted by Crippen LogP contribution is 2.23. The molecule has 1 aromatic carbocycles. The largest absolute Gasteiger partial charge is 0.388 e. The summed E-state index contributed by atoms with van der Waals surface area (Å²) in [7, 11) is 0. The molecule has 1 atom stereocenters. The zero-order valence-electron chi connectivity index (χ0n) is 10.9. The zero-order chi connectivity index (χ0) is 13.9. The molecule has 5 heteroatoms. The lowest BCUT2D eigenvalue weighted by Gasteiger charge is -2.18. The maximum Gasteiger partial charge on any atom is 0.223 e. The van der Waals surface area contributed by atoms with Gasteiger partial charge in [0.15, 0.2) is 0 Å². The third-order valence-electron chi connectivity index (χ3n) is 3.20. The van der Waals surface area contributed by atoms with E-state index in [0.29, 0.717) is 31.7 Å². The van der Waals surface area contributed by atoms with Gasteiger partial charge in [0.25, 0.3) is 0 Å². The molecule has 0 saturated carbocycles. The molecule has 0 aliphatic carbocycles. The summed E-state index contributed by atoms with van der Waals surface area (Å²) in [6.45, 7) is 2.81. The highest BCUT2D eigenvalue weighted by atomic mass is 32.2. The molecule has 1 heterocycles. The number of nitrogens with zero attached hydrogens (tertiary/aromatic N) is 1. The van der Waals surface area contributed by atoms with Gasteiger partial charge in [-0.15, -0.1) is 11.8 Å². The van der Waals surface area contributed by atoms with Crippen LogP contribution in [0.5, 0.6) is 0 Å². The molecule has 1 aliphatic heterocycles. The summed E-state index contributed by atoms with van der Waals surface area (Å²) < 4.78 is 12.7. The minimum Gasteiger partial charge on any atom is -0.388 e. The molecule has 0 radical (unpaired) electrons. The van der Waals surface area contributed by atoms with Crippen LogP contribution in [0.3, 0.4) is 0 Å². The van der Waals surface area contributed by atoms with Gasteiger partial charge >= 0.3 is 0 Å². The van der Waals surface area contributed by atoms with Gasteiger partial charge in [-0.05, 0) is 37.6 Å². The van der Waals surface area contributed by atoms with Gasteiger partial charge in [0.1, 0.15) is 5.82 Å².